The van der Waals surface area contributed by atoms with Gasteiger partial charge >= 0.3 is 30.0 Å². The third-order valence-electron chi connectivity index (χ3n) is 3.16. The van der Waals surface area contributed by atoms with Crippen LogP contribution in [-0.4, -0.2) is 34.4 Å². The Labute approximate surface area is 168 Å². The lowest BCUT2D eigenvalue weighted by atomic mass is 10.0. The second-order valence-electron chi connectivity index (χ2n) is 5.20. The van der Waals surface area contributed by atoms with Crippen LogP contribution in [-0.2, 0) is 0 Å². The molecule has 168 valence electrons. The maximum Gasteiger partial charge on any atom is 0.460 e. The molecule has 0 radical (unpaired) electrons. The summed E-state index contributed by atoms with van der Waals surface area (Å²) in [5, 5.41) is -2.77. The Balaban J connectivity index is 3.47. The van der Waals surface area contributed by atoms with Crippen molar-refractivity contribution in [1.82, 2.24) is 0 Å². The molecule has 0 aliphatic rings. The number of carbonyl (C=O) groups excluding carboxylic acids is 2. The first-order valence-electron chi connectivity index (χ1n) is 6.76. The lowest BCUT2D eigenvalue weighted by molar-refractivity contribution is -0.392. The average molecular weight is 499 g/mol. The molecule has 0 heterocycles. The number of ether oxygens (including phenoxy) is 1. The fraction of sp³-hybridized carbons (Fsp3) is 0.286. The van der Waals surface area contributed by atoms with Gasteiger partial charge in [-0.05, 0) is 41.4 Å². The molecule has 0 saturated heterocycles. The van der Waals surface area contributed by atoms with E-state index >= 15 is 0 Å². The predicted octanol–water partition coefficient (Wildman–Crippen LogP) is 6.40. The summed E-state index contributed by atoms with van der Waals surface area (Å²) in [4.78, 5) is 22.1. The van der Waals surface area contributed by atoms with Crippen LogP contribution in [0.5, 0.6) is 5.75 Å². The van der Waals surface area contributed by atoms with Crippen molar-refractivity contribution in [2.75, 3.05) is 0 Å². The molecule has 0 N–H and O–H groups in total. The summed E-state index contributed by atoms with van der Waals surface area (Å²) >= 11 is 10.1. The molecule has 1 aromatic rings. The molecule has 0 spiro atoms. The van der Waals surface area contributed by atoms with Crippen molar-refractivity contribution in [3.8, 4) is 5.75 Å². The molecule has 0 aliphatic carbocycles. The first-order valence-corrected chi connectivity index (χ1v) is 7.51. The molecule has 0 atom stereocenters. The fourth-order valence-corrected chi connectivity index (χ4v) is 1.89. The van der Waals surface area contributed by atoms with Gasteiger partial charge in [0.05, 0.1) is 0 Å². The van der Waals surface area contributed by atoms with Gasteiger partial charge in [-0.15, -0.1) is 0 Å². The number of rotatable bonds is 7. The molecule has 0 fully saturated rings. The monoisotopic (exact) mass is 498 g/mol. The van der Waals surface area contributed by atoms with Crippen LogP contribution < -0.4 is 4.74 Å². The zero-order chi connectivity index (χ0) is 23.9. The van der Waals surface area contributed by atoms with Crippen molar-refractivity contribution in [2.24, 2.45) is 0 Å². The molecule has 16 heteroatoms. The van der Waals surface area contributed by atoms with Crippen molar-refractivity contribution in [3.05, 3.63) is 41.2 Å². The maximum absolute atomic E-state index is 13.6. The molecule has 0 amide bonds. The van der Waals surface area contributed by atoms with E-state index in [1.54, 1.807) is 0 Å². The van der Waals surface area contributed by atoms with E-state index in [2.05, 4.69) is 4.74 Å². The minimum absolute atomic E-state index is 0.353. The first-order chi connectivity index (χ1) is 13.3. The lowest BCUT2D eigenvalue weighted by Gasteiger charge is -2.32. The number of carbonyl (C=O) groups is 2. The highest BCUT2D eigenvalue weighted by atomic mass is 35.5. The van der Waals surface area contributed by atoms with Gasteiger partial charge in [-0.2, -0.15) is 48.3 Å². The van der Waals surface area contributed by atoms with Crippen molar-refractivity contribution in [2.45, 2.75) is 23.9 Å². The van der Waals surface area contributed by atoms with Gasteiger partial charge in [-0.1, -0.05) is 0 Å². The average Bonchev–Trinajstić information content (AvgIpc) is 2.59. The Bertz CT molecular complexity index is 861. The Kier molecular flexibility index (Phi) is 7.10. The van der Waals surface area contributed by atoms with Gasteiger partial charge in [0.15, 0.2) is 0 Å². The van der Waals surface area contributed by atoms with Gasteiger partial charge in [0.2, 0.25) is 5.83 Å². The first kappa shape index (κ1) is 25.9. The Hall–Kier alpha value is -2.09. The molecule has 0 unspecified atom stereocenters. The summed E-state index contributed by atoms with van der Waals surface area (Å²) in [7, 11) is 0. The zero-order valence-electron chi connectivity index (χ0n) is 13.4. The van der Waals surface area contributed by atoms with Gasteiger partial charge in [0, 0.05) is 11.1 Å². The summed E-state index contributed by atoms with van der Waals surface area (Å²) in [6.45, 7) is 0. The quantitative estimate of drug-likeness (QED) is 0.248. The molecule has 1 aromatic carbocycles. The second kappa shape index (κ2) is 8.21. The summed E-state index contributed by atoms with van der Waals surface area (Å²) < 4.78 is 145. The largest absolute Gasteiger partial charge is 0.460 e. The van der Waals surface area contributed by atoms with Crippen molar-refractivity contribution >= 4 is 33.7 Å². The number of hydrogen-bond acceptors (Lipinski definition) is 3. The van der Waals surface area contributed by atoms with Crippen LogP contribution in [0, 0.1) is 0 Å². The van der Waals surface area contributed by atoms with Gasteiger partial charge in [0.25, 0.3) is 10.5 Å². The van der Waals surface area contributed by atoms with Gasteiger partial charge in [-0.25, -0.2) is 0 Å². The van der Waals surface area contributed by atoms with Crippen LogP contribution in [0.2, 0.25) is 0 Å². The van der Waals surface area contributed by atoms with E-state index < -0.39 is 63.1 Å². The number of allylic oxidation sites excluding steroid dienone is 1. The number of benzene rings is 1. The molecule has 1 rings (SSSR count). The lowest BCUT2D eigenvalue weighted by Crippen LogP contribution is -2.61. The third-order valence-corrected chi connectivity index (χ3v) is 3.60. The molecule has 0 bridgehead atoms. The molecule has 0 aliphatic heterocycles. The van der Waals surface area contributed by atoms with E-state index in [9.17, 15) is 57.9 Å². The van der Waals surface area contributed by atoms with Gasteiger partial charge < -0.3 is 4.74 Å². The molecule has 30 heavy (non-hydrogen) atoms. The van der Waals surface area contributed by atoms with E-state index in [4.69, 9.17) is 23.2 Å². The van der Waals surface area contributed by atoms with Gasteiger partial charge in [-0.3, -0.25) is 9.59 Å². The molecule has 0 saturated carbocycles. The Morgan fingerprint density at radius 1 is 0.733 bits per heavy atom. The minimum atomic E-state index is -7.49. The summed E-state index contributed by atoms with van der Waals surface area (Å²) in [5.41, 5.74) is -1.46. The van der Waals surface area contributed by atoms with Crippen LogP contribution in [0.4, 0.5) is 48.3 Å². The summed E-state index contributed by atoms with van der Waals surface area (Å²) in [6.07, 6.45) is -7.26. The molecule has 0 aromatic heterocycles. The highest BCUT2D eigenvalue weighted by Gasteiger charge is 2.83. The topological polar surface area (TPSA) is 43.4 Å². The van der Waals surface area contributed by atoms with Crippen molar-refractivity contribution < 1.29 is 62.6 Å². The number of halogens is 13. The summed E-state index contributed by atoms with van der Waals surface area (Å²) in [6, 6.07) is -2.02. The van der Waals surface area contributed by atoms with E-state index in [-0.39, 0.29) is 0 Å². The van der Waals surface area contributed by atoms with Crippen LogP contribution in [0.15, 0.2) is 30.0 Å². The smallest absolute Gasteiger partial charge is 0.430 e. The normalized spacial score (nSPS) is 14.3. The van der Waals surface area contributed by atoms with Crippen LogP contribution in [0.1, 0.15) is 20.7 Å². The fourth-order valence-electron chi connectivity index (χ4n) is 1.67. The highest BCUT2D eigenvalue weighted by molar-refractivity contribution is 6.69. The molecule has 3 nitrogen and oxygen atoms in total. The molecular formula is C14H3Cl2F11O3. The SMILES string of the molecule is O=C(Cl)c1cc(OC(F)=C(F)C(F)(F)C(F)(F)C(F)(F)C(F)(F)F)cc(C(=O)Cl)c1. The number of alkyl halides is 9. The Morgan fingerprint density at radius 3 is 1.47 bits per heavy atom. The van der Waals surface area contributed by atoms with Crippen LogP contribution in [0.25, 0.3) is 0 Å². The van der Waals surface area contributed by atoms with E-state index in [1.807, 2.05) is 0 Å². The third kappa shape index (κ3) is 4.63. The van der Waals surface area contributed by atoms with E-state index in [1.165, 1.54) is 0 Å². The molecular weight excluding hydrogens is 496 g/mol. The maximum atomic E-state index is 13.6. The van der Waals surface area contributed by atoms with Crippen LogP contribution in [0.3, 0.4) is 0 Å². The zero-order valence-corrected chi connectivity index (χ0v) is 14.9. The number of hydrogen-bond donors (Lipinski definition) is 0. The standard InChI is InChI=1S/C14H3Cl2F11O3/c15-8(28)4-1-5(9(16)29)3-6(2-4)30-10(18)7(17)11(19,20)12(21,22)13(23,24)14(25,26)27/h1-3H. The minimum Gasteiger partial charge on any atom is -0.430 e. The van der Waals surface area contributed by atoms with Crippen LogP contribution >= 0.6 is 23.2 Å². The van der Waals surface area contributed by atoms with Gasteiger partial charge in [0.1, 0.15) is 5.75 Å². The highest BCUT2D eigenvalue weighted by Crippen LogP contribution is 2.55. The van der Waals surface area contributed by atoms with Crippen molar-refractivity contribution in [1.29, 1.82) is 0 Å². The van der Waals surface area contributed by atoms with E-state index in [0.717, 1.165) is 0 Å². The Morgan fingerprint density at radius 2 is 1.13 bits per heavy atom. The van der Waals surface area contributed by atoms with E-state index in [0.29, 0.717) is 18.2 Å². The second-order valence-corrected chi connectivity index (χ2v) is 5.89. The summed E-state index contributed by atoms with van der Waals surface area (Å²) in [5.74, 6) is -27.4. The predicted molar refractivity (Wildman–Crippen MR) is 77.6 cm³/mol. The van der Waals surface area contributed by atoms with Crippen molar-refractivity contribution in [3.63, 3.8) is 0 Å².